The van der Waals surface area contributed by atoms with Crippen LogP contribution in [0.15, 0.2) is 83.3 Å². The van der Waals surface area contributed by atoms with Gasteiger partial charge in [-0.1, -0.05) is 44.2 Å². The molecular formula is C32H31FN2O4. The third-order valence-electron chi connectivity index (χ3n) is 6.83. The third-order valence-corrected chi connectivity index (χ3v) is 6.83. The van der Waals surface area contributed by atoms with Crippen LogP contribution in [-0.2, 0) is 17.8 Å². The van der Waals surface area contributed by atoms with Gasteiger partial charge in [-0.2, -0.15) is 0 Å². The van der Waals surface area contributed by atoms with Crippen LogP contribution in [0.4, 0.5) is 10.1 Å². The molecule has 1 aliphatic rings. The lowest BCUT2D eigenvalue weighted by atomic mass is 9.87. The van der Waals surface area contributed by atoms with E-state index in [0.29, 0.717) is 30.2 Å². The Kier molecular flexibility index (Phi) is 7.50. The molecule has 39 heavy (non-hydrogen) atoms. The number of halogens is 1. The van der Waals surface area contributed by atoms with E-state index in [-0.39, 0.29) is 35.9 Å². The van der Waals surface area contributed by atoms with Crippen LogP contribution in [0.3, 0.4) is 0 Å². The molecule has 0 saturated carbocycles. The monoisotopic (exact) mass is 526 g/mol. The molecule has 7 heteroatoms. The van der Waals surface area contributed by atoms with E-state index in [1.165, 1.54) is 12.1 Å². The van der Waals surface area contributed by atoms with Gasteiger partial charge in [0, 0.05) is 18.2 Å². The van der Waals surface area contributed by atoms with E-state index in [1.807, 2.05) is 74.2 Å². The fourth-order valence-corrected chi connectivity index (χ4v) is 4.94. The Labute approximate surface area is 227 Å². The molecule has 6 nitrogen and oxygen atoms in total. The van der Waals surface area contributed by atoms with Crippen molar-refractivity contribution >= 4 is 17.5 Å². The van der Waals surface area contributed by atoms with Crippen molar-refractivity contribution in [3.63, 3.8) is 0 Å². The molecule has 2 heterocycles. The van der Waals surface area contributed by atoms with E-state index in [2.05, 4.69) is 5.32 Å². The van der Waals surface area contributed by atoms with Crippen LogP contribution in [0.25, 0.3) is 0 Å². The number of anilines is 1. The van der Waals surface area contributed by atoms with E-state index in [1.54, 1.807) is 18.2 Å². The number of rotatable bonds is 7. The van der Waals surface area contributed by atoms with Crippen LogP contribution >= 0.6 is 0 Å². The fourth-order valence-electron chi connectivity index (χ4n) is 4.94. The van der Waals surface area contributed by atoms with Crippen molar-refractivity contribution in [3.8, 4) is 5.75 Å². The van der Waals surface area contributed by atoms with Crippen molar-refractivity contribution in [2.24, 2.45) is 5.92 Å². The summed E-state index contributed by atoms with van der Waals surface area (Å²) >= 11 is 0. The first-order valence-corrected chi connectivity index (χ1v) is 13.1. The number of fused-ring (bicyclic) bond motifs is 1. The summed E-state index contributed by atoms with van der Waals surface area (Å²) in [5.74, 6) is 0.440. The molecule has 2 amide bonds. The number of benzene rings is 3. The highest BCUT2D eigenvalue weighted by atomic mass is 19.1. The van der Waals surface area contributed by atoms with E-state index < -0.39 is 6.04 Å². The first kappa shape index (κ1) is 26.2. The van der Waals surface area contributed by atoms with Gasteiger partial charge in [-0.05, 0) is 84.1 Å². The second-order valence-electron chi connectivity index (χ2n) is 10.1. The Morgan fingerprint density at radius 1 is 1.05 bits per heavy atom. The maximum atomic E-state index is 14.2. The number of hydrogen-bond acceptors (Lipinski definition) is 4. The van der Waals surface area contributed by atoms with Gasteiger partial charge in [-0.15, -0.1) is 0 Å². The Balaban J connectivity index is 1.34. The van der Waals surface area contributed by atoms with Gasteiger partial charge in [0.1, 0.15) is 23.9 Å². The zero-order chi connectivity index (χ0) is 27.5. The lowest BCUT2D eigenvalue weighted by Gasteiger charge is -2.39. The highest BCUT2D eigenvalue weighted by Gasteiger charge is 2.33. The molecule has 0 spiro atoms. The van der Waals surface area contributed by atoms with Crippen molar-refractivity contribution in [2.45, 2.75) is 39.8 Å². The number of nitrogens with one attached hydrogen (secondary N) is 1. The largest absolute Gasteiger partial charge is 0.486 e. The summed E-state index contributed by atoms with van der Waals surface area (Å²) in [7, 11) is 0. The van der Waals surface area contributed by atoms with Crippen LogP contribution in [0.5, 0.6) is 5.75 Å². The van der Waals surface area contributed by atoms with Gasteiger partial charge < -0.3 is 19.4 Å². The average molecular weight is 527 g/mol. The van der Waals surface area contributed by atoms with Gasteiger partial charge in [0.15, 0.2) is 5.76 Å². The normalized spacial score (nSPS) is 14.7. The second-order valence-corrected chi connectivity index (χ2v) is 10.1. The molecule has 200 valence electrons. The highest BCUT2D eigenvalue weighted by Crippen LogP contribution is 2.38. The Hall–Kier alpha value is -4.39. The molecule has 0 aliphatic carbocycles. The predicted octanol–water partition coefficient (Wildman–Crippen LogP) is 6.69. The lowest BCUT2D eigenvalue weighted by molar-refractivity contribution is -0.136. The molecule has 1 N–H and O–H groups in total. The third kappa shape index (κ3) is 5.87. The fraction of sp³-hybridized carbons (Fsp3) is 0.250. The van der Waals surface area contributed by atoms with Gasteiger partial charge in [0.25, 0.3) is 5.91 Å². The molecule has 1 atom stereocenters. The summed E-state index contributed by atoms with van der Waals surface area (Å²) in [6, 6.07) is 22.7. The molecule has 1 aliphatic heterocycles. The number of aryl methyl sites for hydroxylation is 1. The number of ether oxygens (including phenoxy) is 1. The Bertz CT molecular complexity index is 1510. The van der Waals surface area contributed by atoms with Crippen LogP contribution in [0, 0.1) is 18.7 Å². The molecule has 0 saturated heterocycles. The van der Waals surface area contributed by atoms with Crippen LogP contribution in [-0.4, -0.2) is 23.3 Å². The summed E-state index contributed by atoms with van der Waals surface area (Å²) in [5, 5.41) is 2.83. The molecule has 0 radical (unpaired) electrons. The predicted molar refractivity (Wildman–Crippen MR) is 147 cm³/mol. The summed E-state index contributed by atoms with van der Waals surface area (Å²) in [6.07, 6.45) is 0.706. The molecular weight excluding hydrogens is 495 g/mol. The molecule has 3 aromatic carbocycles. The quantitative estimate of drug-likeness (QED) is 0.291. The van der Waals surface area contributed by atoms with Crippen molar-refractivity contribution in [2.75, 3.05) is 11.9 Å². The summed E-state index contributed by atoms with van der Waals surface area (Å²) in [5.41, 5.74) is 4.47. The molecule has 0 bridgehead atoms. The van der Waals surface area contributed by atoms with Crippen molar-refractivity contribution in [3.05, 3.63) is 118 Å². The zero-order valence-electron chi connectivity index (χ0n) is 22.2. The minimum atomic E-state index is -0.413. The molecule has 0 unspecified atom stereocenters. The summed E-state index contributed by atoms with van der Waals surface area (Å²) in [4.78, 5) is 27.5. The average Bonchev–Trinajstić information content (AvgIpc) is 3.40. The molecule has 4 aromatic rings. The number of hydrogen-bond donors (Lipinski definition) is 1. The van der Waals surface area contributed by atoms with Crippen LogP contribution < -0.4 is 10.1 Å². The lowest BCUT2D eigenvalue weighted by Crippen LogP contribution is -2.42. The van der Waals surface area contributed by atoms with E-state index in [0.717, 1.165) is 22.3 Å². The smallest absolute Gasteiger partial charge is 0.291 e. The standard InChI is InChI=1S/C32H31FN2O4/c1-20(2)32(37)35-15-14-22-10-11-26(18-28(22)30(35)23-7-5-8-24(33)17-23)38-19-27-12-13-29(39-27)31(36)34-25-9-4-6-21(3)16-25/h4-13,16-18,20,30H,14-15,19H2,1-3H3,(H,34,36)/t30-/m1/s1. The number of carbonyl (C=O) groups excluding carboxylic acids is 2. The molecule has 0 fully saturated rings. The Morgan fingerprint density at radius 2 is 1.87 bits per heavy atom. The van der Waals surface area contributed by atoms with Crippen LogP contribution in [0.2, 0.25) is 0 Å². The van der Waals surface area contributed by atoms with Gasteiger partial charge >= 0.3 is 0 Å². The first-order valence-electron chi connectivity index (χ1n) is 13.1. The van der Waals surface area contributed by atoms with Crippen molar-refractivity contribution in [1.29, 1.82) is 0 Å². The van der Waals surface area contributed by atoms with E-state index in [4.69, 9.17) is 9.15 Å². The molecule has 1 aromatic heterocycles. The number of furan rings is 1. The minimum absolute atomic E-state index is 0.0216. The second kappa shape index (κ2) is 11.2. The maximum Gasteiger partial charge on any atom is 0.291 e. The topological polar surface area (TPSA) is 71.8 Å². The maximum absolute atomic E-state index is 14.2. The minimum Gasteiger partial charge on any atom is -0.486 e. The van der Waals surface area contributed by atoms with E-state index in [9.17, 15) is 14.0 Å². The van der Waals surface area contributed by atoms with E-state index >= 15 is 0 Å². The highest BCUT2D eigenvalue weighted by molar-refractivity contribution is 6.02. The SMILES string of the molecule is Cc1cccc(NC(=O)c2ccc(COc3ccc4c(c3)[C@@H](c3cccc(F)c3)N(C(=O)C(C)C)CC4)o2)c1. The van der Waals surface area contributed by atoms with Gasteiger partial charge in [-0.25, -0.2) is 4.39 Å². The molecule has 5 rings (SSSR count). The Morgan fingerprint density at radius 3 is 2.64 bits per heavy atom. The number of carbonyl (C=O) groups is 2. The first-order chi connectivity index (χ1) is 18.8. The van der Waals surface area contributed by atoms with Gasteiger partial charge in [0.05, 0.1) is 6.04 Å². The van der Waals surface area contributed by atoms with Gasteiger partial charge in [-0.3, -0.25) is 9.59 Å². The van der Waals surface area contributed by atoms with Crippen LogP contribution in [0.1, 0.15) is 58.5 Å². The zero-order valence-corrected chi connectivity index (χ0v) is 22.2. The summed E-state index contributed by atoms with van der Waals surface area (Å²) < 4.78 is 26.0. The number of amides is 2. The van der Waals surface area contributed by atoms with Gasteiger partial charge in [0.2, 0.25) is 5.91 Å². The number of nitrogens with zero attached hydrogens (tertiary/aromatic N) is 1. The summed E-state index contributed by atoms with van der Waals surface area (Å²) in [6.45, 7) is 6.39. The van der Waals surface area contributed by atoms with Crippen molar-refractivity contribution < 1.29 is 23.1 Å². The van der Waals surface area contributed by atoms with Crippen molar-refractivity contribution in [1.82, 2.24) is 4.90 Å².